The summed E-state index contributed by atoms with van der Waals surface area (Å²) in [6.45, 7) is 3.87. The Balaban J connectivity index is 0.000000392. The van der Waals surface area contributed by atoms with Crippen LogP contribution in [-0.2, 0) is 14.8 Å². The molecule has 3 aromatic rings. The molecule has 7 rings (SSSR count). The monoisotopic (exact) mass is 567 g/mol. The van der Waals surface area contributed by atoms with E-state index in [4.69, 9.17) is 15.6 Å². The molecule has 210 valence electrons. The molecule has 2 aliphatic heterocycles. The predicted octanol–water partition coefficient (Wildman–Crippen LogP) is 2.61. The molecule has 0 unspecified atom stereocenters. The number of hydrogen-bond donors (Lipinski definition) is 3. The Kier molecular flexibility index (Phi) is 6.79. The SMILES string of the molecule is Cc1ccc(S(=O)(=O)NC23CC(CN(C4CCC4)C2)C3)cc1-c1cnc2c(N)ncnn12.O=C(O)C(F)(F)F. The van der Waals surface area contributed by atoms with Gasteiger partial charge in [-0.2, -0.15) is 18.3 Å². The summed E-state index contributed by atoms with van der Waals surface area (Å²) in [5, 5.41) is 11.4. The molecule has 1 aromatic carbocycles. The molecule has 0 radical (unpaired) electrons. The van der Waals surface area contributed by atoms with Crippen molar-refractivity contribution < 1.29 is 31.5 Å². The summed E-state index contributed by atoms with van der Waals surface area (Å²) in [6, 6.07) is 5.85. The van der Waals surface area contributed by atoms with E-state index in [0.717, 1.165) is 37.1 Å². The highest BCUT2D eigenvalue weighted by atomic mass is 32.2. The number of halogens is 3. The first-order chi connectivity index (χ1) is 18.3. The van der Waals surface area contributed by atoms with Crippen molar-refractivity contribution in [2.45, 2.75) is 61.7 Å². The molecule has 4 fully saturated rings. The molecule has 2 aliphatic carbocycles. The van der Waals surface area contributed by atoms with Crippen molar-refractivity contribution in [2.24, 2.45) is 5.92 Å². The predicted molar refractivity (Wildman–Crippen MR) is 134 cm³/mol. The number of alkyl halides is 3. The molecule has 11 nitrogen and oxygen atoms in total. The van der Waals surface area contributed by atoms with E-state index in [1.807, 2.05) is 13.0 Å². The second kappa shape index (κ2) is 9.71. The number of imidazole rings is 1. The maximum Gasteiger partial charge on any atom is 0.490 e. The zero-order valence-corrected chi connectivity index (χ0v) is 21.8. The molecule has 39 heavy (non-hydrogen) atoms. The van der Waals surface area contributed by atoms with Crippen LogP contribution in [0.2, 0.25) is 0 Å². The van der Waals surface area contributed by atoms with Crippen LogP contribution in [0.1, 0.15) is 37.7 Å². The quantitative estimate of drug-likeness (QED) is 0.422. The van der Waals surface area contributed by atoms with E-state index >= 15 is 0 Å². The molecule has 4 aliphatic rings. The van der Waals surface area contributed by atoms with Gasteiger partial charge in [-0.05, 0) is 56.2 Å². The van der Waals surface area contributed by atoms with Gasteiger partial charge < -0.3 is 10.8 Å². The number of nitrogen functional groups attached to an aromatic ring is 1. The zero-order chi connectivity index (χ0) is 28.2. The number of rotatable bonds is 5. The van der Waals surface area contributed by atoms with Gasteiger partial charge in [-0.15, -0.1) is 0 Å². The Morgan fingerprint density at radius 1 is 1.23 bits per heavy atom. The molecular weight excluding hydrogens is 539 g/mol. The molecule has 0 spiro atoms. The number of anilines is 1. The third-order valence-corrected chi connectivity index (χ3v) is 9.24. The highest BCUT2D eigenvalue weighted by Crippen LogP contribution is 2.46. The first-order valence-corrected chi connectivity index (χ1v) is 13.9. The first kappa shape index (κ1) is 27.3. The number of benzene rings is 1. The molecule has 2 saturated carbocycles. The van der Waals surface area contributed by atoms with Crippen LogP contribution in [-0.4, -0.2) is 74.8 Å². The van der Waals surface area contributed by atoms with E-state index in [2.05, 4.69) is 24.7 Å². The summed E-state index contributed by atoms with van der Waals surface area (Å²) < 4.78 is 63.3. The van der Waals surface area contributed by atoms with Gasteiger partial charge in [0, 0.05) is 30.2 Å². The van der Waals surface area contributed by atoms with Crippen molar-refractivity contribution in [3.8, 4) is 11.3 Å². The van der Waals surface area contributed by atoms with Crippen LogP contribution in [0.15, 0.2) is 35.6 Å². The molecular formula is C24H28F3N7O4S. The van der Waals surface area contributed by atoms with E-state index in [1.165, 1.54) is 25.6 Å². The number of hydrogen-bond acceptors (Lipinski definition) is 8. The molecule has 4 heterocycles. The zero-order valence-electron chi connectivity index (χ0n) is 21.0. The number of aromatic nitrogens is 4. The Labute approximate surface area is 222 Å². The van der Waals surface area contributed by atoms with Gasteiger partial charge in [0.2, 0.25) is 10.0 Å². The van der Waals surface area contributed by atoms with Crippen molar-refractivity contribution in [2.75, 3.05) is 18.8 Å². The van der Waals surface area contributed by atoms with Gasteiger partial charge >= 0.3 is 12.1 Å². The molecule has 2 bridgehead atoms. The molecule has 15 heteroatoms. The number of fused-ring (bicyclic) bond motifs is 3. The lowest BCUT2D eigenvalue weighted by Gasteiger charge is -2.59. The van der Waals surface area contributed by atoms with Crippen LogP contribution in [0.3, 0.4) is 0 Å². The van der Waals surface area contributed by atoms with E-state index in [0.29, 0.717) is 23.3 Å². The summed E-state index contributed by atoms with van der Waals surface area (Å²) >= 11 is 0. The average molecular weight is 568 g/mol. The lowest BCUT2D eigenvalue weighted by Crippen LogP contribution is -2.70. The summed E-state index contributed by atoms with van der Waals surface area (Å²) in [7, 11) is -3.67. The number of nitrogens with zero attached hydrogens (tertiary/aromatic N) is 5. The van der Waals surface area contributed by atoms with Crippen molar-refractivity contribution in [3.63, 3.8) is 0 Å². The minimum Gasteiger partial charge on any atom is -0.475 e. The highest BCUT2D eigenvalue weighted by molar-refractivity contribution is 7.89. The van der Waals surface area contributed by atoms with E-state index < -0.39 is 22.2 Å². The standard InChI is InChI=1S/C22H27N7O2S.C2HF3O2/c1-14-5-6-17(7-18(14)19-10-24-21-20(23)25-13-26-29(19)21)32(30,31)27-22-8-15(9-22)11-28(12-22)16-3-2-4-16;3-2(4,5)1(6)7/h5-7,10,13,15-16,27H,2-4,8-9,11-12H2,1H3,(H2,23,25,26);(H,6,7). The second-order valence-corrected chi connectivity index (χ2v) is 12.2. The molecule has 2 saturated heterocycles. The van der Waals surface area contributed by atoms with Crippen molar-refractivity contribution in [1.82, 2.24) is 29.2 Å². The number of carboxylic acid groups (broad SMARTS) is 1. The molecule has 2 aromatic heterocycles. The van der Waals surface area contributed by atoms with E-state index in [-0.39, 0.29) is 16.3 Å². The van der Waals surface area contributed by atoms with Gasteiger partial charge in [0.05, 0.1) is 16.8 Å². The number of nitrogens with one attached hydrogen (secondary N) is 1. The van der Waals surface area contributed by atoms with Crippen molar-refractivity contribution in [3.05, 3.63) is 36.3 Å². The first-order valence-electron chi connectivity index (χ1n) is 12.4. The summed E-state index contributed by atoms with van der Waals surface area (Å²) in [5.74, 6) is -1.88. The fourth-order valence-corrected chi connectivity index (χ4v) is 7.08. The molecule has 4 N–H and O–H groups in total. The Morgan fingerprint density at radius 2 is 1.92 bits per heavy atom. The third kappa shape index (κ3) is 5.30. The van der Waals surface area contributed by atoms with Crippen LogP contribution in [0.5, 0.6) is 0 Å². The minimum atomic E-state index is -5.08. The number of nitrogens with two attached hydrogens (primary N) is 1. The number of carbonyl (C=O) groups is 1. The van der Waals surface area contributed by atoms with Crippen LogP contribution < -0.4 is 10.5 Å². The van der Waals surface area contributed by atoms with Gasteiger partial charge in [-0.1, -0.05) is 12.5 Å². The van der Waals surface area contributed by atoms with Crippen LogP contribution in [0.25, 0.3) is 16.9 Å². The van der Waals surface area contributed by atoms with Gasteiger partial charge in [-0.3, -0.25) is 4.90 Å². The van der Waals surface area contributed by atoms with E-state index in [9.17, 15) is 21.6 Å². The molecule has 0 atom stereocenters. The average Bonchev–Trinajstić information content (AvgIpc) is 3.22. The van der Waals surface area contributed by atoms with Gasteiger partial charge in [0.25, 0.3) is 0 Å². The van der Waals surface area contributed by atoms with Gasteiger partial charge in [-0.25, -0.2) is 32.4 Å². The van der Waals surface area contributed by atoms with Gasteiger partial charge in [0.15, 0.2) is 11.5 Å². The summed E-state index contributed by atoms with van der Waals surface area (Å²) in [6.07, 6.45) is 3.56. The lowest BCUT2D eigenvalue weighted by molar-refractivity contribution is -0.192. The highest BCUT2D eigenvalue weighted by Gasteiger charge is 2.53. The number of sulfonamides is 1. The minimum absolute atomic E-state index is 0.258. The number of aryl methyl sites for hydroxylation is 1. The Bertz CT molecular complexity index is 1520. The van der Waals surface area contributed by atoms with Crippen LogP contribution in [0, 0.1) is 12.8 Å². The third-order valence-electron chi connectivity index (χ3n) is 7.67. The fourth-order valence-electron chi connectivity index (χ4n) is 5.64. The maximum absolute atomic E-state index is 13.4. The molecule has 0 amide bonds. The number of carboxylic acids is 1. The Morgan fingerprint density at radius 3 is 2.54 bits per heavy atom. The smallest absolute Gasteiger partial charge is 0.475 e. The van der Waals surface area contributed by atoms with Crippen molar-refractivity contribution in [1.29, 1.82) is 0 Å². The topological polar surface area (TPSA) is 156 Å². The summed E-state index contributed by atoms with van der Waals surface area (Å²) in [4.78, 5) is 20.0. The Hall–Kier alpha value is -3.30. The van der Waals surface area contributed by atoms with E-state index in [1.54, 1.807) is 22.8 Å². The van der Waals surface area contributed by atoms with Crippen LogP contribution >= 0.6 is 0 Å². The lowest BCUT2D eigenvalue weighted by atomic mass is 9.64. The van der Waals surface area contributed by atoms with Crippen LogP contribution in [0.4, 0.5) is 19.0 Å². The fraction of sp³-hybridized carbons (Fsp3) is 0.500. The van der Waals surface area contributed by atoms with Gasteiger partial charge in [0.1, 0.15) is 6.33 Å². The maximum atomic E-state index is 13.4. The largest absolute Gasteiger partial charge is 0.490 e. The normalized spacial score (nSPS) is 23.4. The number of aliphatic carboxylic acids is 1. The number of piperidine rings is 2. The summed E-state index contributed by atoms with van der Waals surface area (Å²) in [5.41, 5.74) is 8.38. The second-order valence-electron chi connectivity index (χ2n) is 10.5. The van der Waals surface area contributed by atoms with Crippen molar-refractivity contribution >= 4 is 27.5 Å².